The van der Waals surface area contributed by atoms with E-state index in [1.807, 2.05) is 6.92 Å². The van der Waals surface area contributed by atoms with E-state index in [1.54, 1.807) is 6.92 Å². The highest BCUT2D eigenvalue weighted by molar-refractivity contribution is 5.88. The van der Waals surface area contributed by atoms with Gasteiger partial charge in [0.2, 0.25) is 5.91 Å². The number of hydrogen-bond donors (Lipinski definition) is 4. The molecule has 0 saturated carbocycles. The maximum absolute atomic E-state index is 11.5. The first-order valence-electron chi connectivity index (χ1n) is 4.94. The molecule has 92 valence electrons. The van der Waals surface area contributed by atoms with Crippen molar-refractivity contribution in [1.82, 2.24) is 10.6 Å². The molecular formula is C9H17N3O4. The molecule has 16 heavy (non-hydrogen) atoms. The van der Waals surface area contributed by atoms with Crippen LogP contribution in [0, 0.1) is 5.92 Å². The minimum atomic E-state index is -1.14. The highest BCUT2D eigenvalue weighted by Gasteiger charge is 2.25. The predicted molar refractivity (Wildman–Crippen MR) is 56.6 cm³/mol. The first-order chi connectivity index (χ1) is 7.38. The van der Waals surface area contributed by atoms with Crippen LogP contribution in [0.4, 0.5) is 4.79 Å². The molecule has 0 aliphatic rings. The standard InChI is InChI=1S/C9H17N3O4/c1-3-5(2)7(12-9(10)16)8(15)11-4-6(13)14/h5,7H,3-4H2,1-2H3,(H,11,15)(H,13,14)(H3,10,12,16). The van der Waals surface area contributed by atoms with Gasteiger partial charge < -0.3 is 21.5 Å². The zero-order valence-electron chi connectivity index (χ0n) is 9.32. The van der Waals surface area contributed by atoms with Crippen molar-refractivity contribution >= 4 is 17.9 Å². The number of amides is 3. The van der Waals surface area contributed by atoms with Gasteiger partial charge in [-0.05, 0) is 5.92 Å². The molecule has 0 rings (SSSR count). The van der Waals surface area contributed by atoms with E-state index in [0.717, 1.165) is 0 Å². The number of carboxylic acids is 1. The van der Waals surface area contributed by atoms with Gasteiger partial charge >= 0.3 is 12.0 Å². The number of carboxylic acid groups (broad SMARTS) is 1. The average molecular weight is 231 g/mol. The van der Waals surface area contributed by atoms with Crippen LogP contribution in [0.5, 0.6) is 0 Å². The number of aliphatic carboxylic acids is 1. The molecule has 7 nitrogen and oxygen atoms in total. The summed E-state index contributed by atoms with van der Waals surface area (Å²) in [5.41, 5.74) is 4.93. The van der Waals surface area contributed by atoms with Gasteiger partial charge in [0.25, 0.3) is 0 Å². The van der Waals surface area contributed by atoms with Gasteiger partial charge in [-0.1, -0.05) is 20.3 Å². The highest BCUT2D eigenvalue weighted by atomic mass is 16.4. The number of nitrogens with one attached hydrogen (secondary N) is 2. The van der Waals surface area contributed by atoms with E-state index in [1.165, 1.54) is 0 Å². The summed E-state index contributed by atoms with van der Waals surface area (Å²) in [6.45, 7) is 3.14. The van der Waals surface area contributed by atoms with Gasteiger partial charge in [0.1, 0.15) is 12.6 Å². The van der Waals surface area contributed by atoms with Crippen molar-refractivity contribution in [3.05, 3.63) is 0 Å². The molecule has 0 aromatic heterocycles. The summed E-state index contributed by atoms with van der Waals surface area (Å²) in [6.07, 6.45) is 0.658. The summed E-state index contributed by atoms with van der Waals surface area (Å²) in [4.78, 5) is 32.5. The molecule has 0 saturated heterocycles. The third kappa shape index (κ3) is 5.18. The van der Waals surface area contributed by atoms with Crippen LogP contribution in [0.3, 0.4) is 0 Å². The molecule has 0 fully saturated rings. The normalized spacial score (nSPS) is 13.6. The molecule has 0 bridgehead atoms. The monoisotopic (exact) mass is 231 g/mol. The maximum atomic E-state index is 11.5. The van der Waals surface area contributed by atoms with Crippen molar-refractivity contribution in [3.8, 4) is 0 Å². The lowest BCUT2D eigenvalue weighted by Crippen LogP contribution is -2.52. The van der Waals surface area contributed by atoms with Crippen LogP contribution >= 0.6 is 0 Å². The Hall–Kier alpha value is -1.79. The Kier molecular flexibility index (Phi) is 5.91. The quantitative estimate of drug-likeness (QED) is 0.481. The molecule has 0 heterocycles. The predicted octanol–water partition coefficient (Wildman–Crippen LogP) is -0.730. The topological polar surface area (TPSA) is 122 Å². The largest absolute Gasteiger partial charge is 0.480 e. The molecule has 0 aromatic rings. The van der Waals surface area contributed by atoms with Crippen LogP contribution < -0.4 is 16.4 Å². The van der Waals surface area contributed by atoms with Gasteiger partial charge in [-0.3, -0.25) is 9.59 Å². The van der Waals surface area contributed by atoms with E-state index in [4.69, 9.17) is 10.8 Å². The Labute approximate surface area is 93.4 Å². The summed E-state index contributed by atoms with van der Waals surface area (Å²) in [6, 6.07) is -1.61. The van der Waals surface area contributed by atoms with Crippen molar-refractivity contribution in [2.45, 2.75) is 26.3 Å². The molecule has 2 atom stereocenters. The van der Waals surface area contributed by atoms with Crippen molar-refractivity contribution < 1.29 is 19.5 Å². The molecule has 5 N–H and O–H groups in total. The first kappa shape index (κ1) is 14.2. The second-order valence-electron chi connectivity index (χ2n) is 3.48. The first-order valence-corrected chi connectivity index (χ1v) is 4.94. The van der Waals surface area contributed by atoms with E-state index >= 15 is 0 Å². The van der Waals surface area contributed by atoms with Crippen LogP contribution in [0.2, 0.25) is 0 Å². The van der Waals surface area contributed by atoms with E-state index in [-0.39, 0.29) is 5.92 Å². The smallest absolute Gasteiger partial charge is 0.322 e. The molecule has 2 unspecified atom stereocenters. The molecule has 0 spiro atoms. The zero-order valence-corrected chi connectivity index (χ0v) is 9.32. The number of urea groups is 1. The molecule has 3 amide bonds. The Bertz CT molecular complexity index is 280. The Balaban J connectivity index is 4.43. The SMILES string of the molecule is CCC(C)C(NC(N)=O)C(=O)NCC(=O)O. The van der Waals surface area contributed by atoms with Crippen LogP contribution in [-0.4, -0.2) is 35.6 Å². The molecule has 0 aromatic carbocycles. The molecular weight excluding hydrogens is 214 g/mol. The molecule has 7 heteroatoms. The highest BCUT2D eigenvalue weighted by Crippen LogP contribution is 2.07. The Morgan fingerprint density at radius 3 is 2.31 bits per heavy atom. The molecule has 0 aliphatic carbocycles. The fraction of sp³-hybridized carbons (Fsp3) is 0.667. The minimum Gasteiger partial charge on any atom is -0.480 e. The molecule has 0 radical (unpaired) electrons. The second-order valence-corrected chi connectivity index (χ2v) is 3.48. The number of nitrogens with two attached hydrogens (primary N) is 1. The van der Waals surface area contributed by atoms with E-state index < -0.39 is 30.5 Å². The average Bonchev–Trinajstić information content (AvgIpc) is 2.21. The van der Waals surface area contributed by atoms with Crippen molar-refractivity contribution in [2.75, 3.05) is 6.54 Å². The molecule has 0 aliphatic heterocycles. The van der Waals surface area contributed by atoms with Gasteiger partial charge in [-0.15, -0.1) is 0 Å². The maximum Gasteiger partial charge on any atom is 0.322 e. The third-order valence-electron chi connectivity index (χ3n) is 2.21. The van der Waals surface area contributed by atoms with E-state index in [2.05, 4.69) is 10.6 Å². The number of carbonyl (C=O) groups excluding carboxylic acids is 2. The minimum absolute atomic E-state index is 0.124. The number of rotatable bonds is 6. The van der Waals surface area contributed by atoms with Crippen LogP contribution in [0.15, 0.2) is 0 Å². The fourth-order valence-electron chi connectivity index (χ4n) is 1.13. The van der Waals surface area contributed by atoms with E-state index in [0.29, 0.717) is 6.42 Å². The van der Waals surface area contributed by atoms with Crippen LogP contribution in [-0.2, 0) is 9.59 Å². The van der Waals surface area contributed by atoms with Gasteiger partial charge in [0.05, 0.1) is 0 Å². The Morgan fingerprint density at radius 2 is 1.94 bits per heavy atom. The van der Waals surface area contributed by atoms with Gasteiger partial charge in [-0.25, -0.2) is 4.79 Å². The van der Waals surface area contributed by atoms with Crippen LogP contribution in [0.1, 0.15) is 20.3 Å². The Morgan fingerprint density at radius 1 is 1.38 bits per heavy atom. The summed E-state index contributed by atoms with van der Waals surface area (Å²) in [7, 11) is 0. The fourth-order valence-corrected chi connectivity index (χ4v) is 1.13. The van der Waals surface area contributed by atoms with E-state index in [9.17, 15) is 14.4 Å². The zero-order chi connectivity index (χ0) is 12.7. The lowest BCUT2D eigenvalue weighted by molar-refractivity contribution is -0.138. The number of hydrogen-bond acceptors (Lipinski definition) is 3. The van der Waals surface area contributed by atoms with Crippen molar-refractivity contribution in [2.24, 2.45) is 11.7 Å². The summed E-state index contributed by atoms with van der Waals surface area (Å²) in [5, 5.41) is 12.9. The number of carbonyl (C=O) groups is 3. The lowest BCUT2D eigenvalue weighted by Gasteiger charge is -2.22. The van der Waals surface area contributed by atoms with Crippen LogP contribution in [0.25, 0.3) is 0 Å². The summed E-state index contributed by atoms with van der Waals surface area (Å²) >= 11 is 0. The van der Waals surface area contributed by atoms with Gasteiger partial charge in [0, 0.05) is 0 Å². The van der Waals surface area contributed by atoms with Gasteiger partial charge in [0.15, 0.2) is 0 Å². The van der Waals surface area contributed by atoms with Crippen molar-refractivity contribution in [1.29, 1.82) is 0 Å². The lowest BCUT2D eigenvalue weighted by atomic mass is 9.98. The van der Waals surface area contributed by atoms with Crippen molar-refractivity contribution in [3.63, 3.8) is 0 Å². The second kappa shape index (κ2) is 6.65. The summed E-state index contributed by atoms with van der Waals surface area (Å²) in [5.74, 6) is -1.81. The van der Waals surface area contributed by atoms with Gasteiger partial charge in [-0.2, -0.15) is 0 Å². The third-order valence-corrected chi connectivity index (χ3v) is 2.21. The number of primary amides is 1. The summed E-state index contributed by atoms with van der Waals surface area (Å²) < 4.78 is 0.